The van der Waals surface area contributed by atoms with Crippen molar-refractivity contribution < 1.29 is 14.1 Å². The zero-order valence-corrected chi connectivity index (χ0v) is 20.6. The van der Waals surface area contributed by atoms with Gasteiger partial charge in [0.1, 0.15) is 0 Å². The second kappa shape index (κ2) is 10.7. The molecule has 1 aromatic carbocycles. The van der Waals surface area contributed by atoms with Crippen molar-refractivity contribution in [2.75, 3.05) is 32.7 Å². The lowest BCUT2D eigenvalue weighted by molar-refractivity contribution is -0.136. The van der Waals surface area contributed by atoms with Gasteiger partial charge in [-0.25, -0.2) is 0 Å². The molecule has 2 fully saturated rings. The van der Waals surface area contributed by atoms with E-state index in [1.165, 1.54) is 5.56 Å². The zero-order chi connectivity index (χ0) is 24.1. The second-order valence-electron chi connectivity index (χ2n) is 10.2. The van der Waals surface area contributed by atoms with Gasteiger partial charge in [0.25, 0.3) is 0 Å². The lowest BCUT2D eigenvalue weighted by atomic mass is 9.76. The standard InChI is InChI=1S/C26H37N5O3/c1-19(2)25(33)30-14-11-26(12-15-30)16-22(24-28-20(3)29-34-24)31(18-26)17-23(32)27-13-7-10-21-8-5-4-6-9-21/h4-6,8-9,19,22H,7,10-18H2,1-3H3,(H,27,32). The first-order chi connectivity index (χ1) is 16.3. The molecule has 1 spiro atoms. The van der Waals surface area contributed by atoms with E-state index in [1.54, 1.807) is 0 Å². The Hall–Kier alpha value is -2.74. The molecule has 8 nitrogen and oxygen atoms in total. The lowest BCUT2D eigenvalue weighted by Gasteiger charge is -2.40. The Morgan fingerprint density at radius 1 is 1.21 bits per heavy atom. The van der Waals surface area contributed by atoms with E-state index in [9.17, 15) is 9.59 Å². The molecule has 1 aromatic heterocycles. The maximum Gasteiger partial charge on any atom is 0.244 e. The Bertz CT molecular complexity index is 966. The molecule has 0 bridgehead atoms. The molecule has 3 heterocycles. The molecular weight excluding hydrogens is 430 g/mol. The largest absolute Gasteiger partial charge is 0.355 e. The Balaban J connectivity index is 1.34. The molecule has 2 aliphatic rings. The average molecular weight is 468 g/mol. The topological polar surface area (TPSA) is 91.6 Å². The Labute approximate surface area is 202 Å². The summed E-state index contributed by atoms with van der Waals surface area (Å²) in [5.74, 6) is 1.47. The minimum Gasteiger partial charge on any atom is -0.355 e. The van der Waals surface area contributed by atoms with Crippen LogP contribution in [0.4, 0.5) is 0 Å². The van der Waals surface area contributed by atoms with Crippen molar-refractivity contribution in [1.82, 2.24) is 25.3 Å². The number of carbonyl (C=O) groups excluding carboxylic acids is 2. The normalized spacial score (nSPS) is 20.2. The number of hydrogen-bond acceptors (Lipinski definition) is 6. The van der Waals surface area contributed by atoms with Gasteiger partial charge in [-0.05, 0) is 50.0 Å². The number of nitrogens with one attached hydrogen (secondary N) is 1. The number of amides is 2. The minimum atomic E-state index is -0.0661. The fraction of sp³-hybridized carbons (Fsp3) is 0.615. The van der Waals surface area contributed by atoms with Crippen molar-refractivity contribution in [2.24, 2.45) is 11.3 Å². The third kappa shape index (κ3) is 5.84. The van der Waals surface area contributed by atoms with Crippen molar-refractivity contribution in [2.45, 2.75) is 58.9 Å². The van der Waals surface area contributed by atoms with Crippen molar-refractivity contribution in [3.63, 3.8) is 0 Å². The van der Waals surface area contributed by atoms with Crippen LogP contribution >= 0.6 is 0 Å². The molecule has 0 radical (unpaired) electrons. The fourth-order valence-electron chi connectivity index (χ4n) is 5.34. The van der Waals surface area contributed by atoms with Crippen LogP contribution in [-0.2, 0) is 16.0 Å². The lowest BCUT2D eigenvalue weighted by Crippen LogP contribution is -2.46. The predicted octanol–water partition coefficient (Wildman–Crippen LogP) is 3.14. The number of carbonyl (C=O) groups is 2. The number of aryl methyl sites for hydroxylation is 2. The first kappa shape index (κ1) is 24.4. The van der Waals surface area contributed by atoms with Crippen molar-refractivity contribution in [3.8, 4) is 0 Å². The van der Waals surface area contributed by atoms with Gasteiger partial charge >= 0.3 is 0 Å². The predicted molar refractivity (Wildman–Crippen MR) is 129 cm³/mol. The van der Waals surface area contributed by atoms with E-state index in [-0.39, 0.29) is 29.2 Å². The number of rotatable bonds is 8. The summed E-state index contributed by atoms with van der Waals surface area (Å²) in [6, 6.07) is 10.3. The van der Waals surface area contributed by atoms with Gasteiger partial charge in [0.05, 0.1) is 12.6 Å². The van der Waals surface area contributed by atoms with Gasteiger partial charge in [0.15, 0.2) is 5.82 Å². The third-order valence-corrected chi connectivity index (χ3v) is 7.22. The van der Waals surface area contributed by atoms with Crippen LogP contribution in [-0.4, -0.2) is 64.5 Å². The molecule has 34 heavy (non-hydrogen) atoms. The molecule has 2 amide bonds. The van der Waals surface area contributed by atoms with Gasteiger partial charge in [-0.15, -0.1) is 0 Å². The van der Waals surface area contributed by atoms with Crippen molar-refractivity contribution in [3.05, 3.63) is 47.6 Å². The molecule has 8 heteroatoms. The highest BCUT2D eigenvalue weighted by Crippen LogP contribution is 2.48. The van der Waals surface area contributed by atoms with E-state index in [0.717, 1.165) is 51.7 Å². The minimum absolute atomic E-state index is 0.0221. The maximum atomic E-state index is 12.8. The molecule has 184 valence electrons. The van der Waals surface area contributed by atoms with Gasteiger partial charge in [-0.1, -0.05) is 49.3 Å². The number of hydrogen-bond donors (Lipinski definition) is 1. The second-order valence-corrected chi connectivity index (χ2v) is 10.2. The molecule has 4 rings (SSSR count). The number of benzene rings is 1. The summed E-state index contributed by atoms with van der Waals surface area (Å²) in [4.78, 5) is 33.9. The molecular formula is C26H37N5O3. The van der Waals surface area contributed by atoms with Gasteiger partial charge in [0.2, 0.25) is 17.7 Å². The van der Waals surface area contributed by atoms with E-state index < -0.39 is 0 Å². The van der Waals surface area contributed by atoms with E-state index in [4.69, 9.17) is 4.52 Å². The Morgan fingerprint density at radius 2 is 1.94 bits per heavy atom. The molecule has 1 atom stereocenters. The highest BCUT2D eigenvalue weighted by Gasteiger charge is 2.48. The summed E-state index contributed by atoms with van der Waals surface area (Å²) in [6.45, 7) is 9.04. The van der Waals surface area contributed by atoms with Crippen molar-refractivity contribution >= 4 is 11.8 Å². The summed E-state index contributed by atoms with van der Waals surface area (Å²) in [5, 5.41) is 7.07. The summed E-state index contributed by atoms with van der Waals surface area (Å²) < 4.78 is 5.53. The van der Waals surface area contributed by atoms with Gasteiger partial charge < -0.3 is 14.7 Å². The van der Waals surface area contributed by atoms with E-state index in [1.807, 2.05) is 43.9 Å². The molecule has 2 saturated heterocycles. The summed E-state index contributed by atoms with van der Waals surface area (Å²) in [5.41, 5.74) is 1.35. The van der Waals surface area contributed by atoms with Crippen LogP contribution < -0.4 is 5.32 Å². The van der Waals surface area contributed by atoms with Gasteiger partial charge in [0, 0.05) is 32.1 Å². The van der Waals surface area contributed by atoms with Gasteiger partial charge in [-0.3, -0.25) is 14.5 Å². The Kier molecular flexibility index (Phi) is 7.66. The summed E-state index contributed by atoms with van der Waals surface area (Å²) in [6.07, 6.45) is 4.60. The number of nitrogens with zero attached hydrogens (tertiary/aromatic N) is 4. The quantitative estimate of drug-likeness (QED) is 0.600. The SMILES string of the molecule is Cc1noc(C2CC3(CCN(C(=O)C(C)C)CC3)CN2CC(=O)NCCCc2ccccc2)n1. The van der Waals surface area contributed by atoms with Crippen LogP contribution in [0.3, 0.4) is 0 Å². The van der Waals surface area contributed by atoms with Crippen LogP contribution in [0.25, 0.3) is 0 Å². The molecule has 2 aromatic rings. The average Bonchev–Trinajstić information content (AvgIpc) is 3.41. The van der Waals surface area contributed by atoms with E-state index in [2.05, 4.69) is 32.5 Å². The maximum absolute atomic E-state index is 12.8. The first-order valence-corrected chi connectivity index (χ1v) is 12.5. The molecule has 0 aliphatic carbocycles. The van der Waals surface area contributed by atoms with Gasteiger partial charge in [-0.2, -0.15) is 4.98 Å². The molecule has 0 saturated carbocycles. The monoisotopic (exact) mass is 467 g/mol. The van der Waals surface area contributed by atoms with Crippen molar-refractivity contribution in [1.29, 1.82) is 0 Å². The third-order valence-electron chi connectivity index (χ3n) is 7.22. The Morgan fingerprint density at radius 3 is 2.59 bits per heavy atom. The summed E-state index contributed by atoms with van der Waals surface area (Å²) in [7, 11) is 0. The van der Waals surface area contributed by atoms with Crippen LogP contribution in [0.15, 0.2) is 34.9 Å². The van der Waals surface area contributed by atoms with E-state index >= 15 is 0 Å². The highest BCUT2D eigenvalue weighted by atomic mass is 16.5. The highest BCUT2D eigenvalue weighted by molar-refractivity contribution is 5.78. The number of aromatic nitrogens is 2. The molecule has 1 N–H and O–H groups in total. The van der Waals surface area contributed by atoms with E-state index in [0.29, 0.717) is 24.8 Å². The summed E-state index contributed by atoms with van der Waals surface area (Å²) >= 11 is 0. The zero-order valence-electron chi connectivity index (χ0n) is 20.6. The van der Waals surface area contributed by atoms with Crippen LogP contribution in [0.2, 0.25) is 0 Å². The fourth-order valence-corrected chi connectivity index (χ4v) is 5.34. The molecule has 1 unspecified atom stereocenters. The molecule has 2 aliphatic heterocycles. The first-order valence-electron chi connectivity index (χ1n) is 12.5. The smallest absolute Gasteiger partial charge is 0.244 e. The number of piperidine rings is 1. The van der Waals surface area contributed by atoms with Crippen LogP contribution in [0, 0.1) is 18.3 Å². The van der Waals surface area contributed by atoms with Crippen LogP contribution in [0.5, 0.6) is 0 Å². The van der Waals surface area contributed by atoms with Crippen LogP contribution in [0.1, 0.15) is 62.9 Å². The number of likely N-dealkylation sites (tertiary alicyclic amines) is 2.